The van der Waals surface area contributed by atoms with Gasteiger partial charge in [-0.3, -0.25) is 14.3 Å². The molecule has 1 aromatic carbocycles. The van der Waals surface area contributed by atoms with Crippen LogP contribution in [0.1, 0.15) is 27.6 Å². The van der Waals surface area contributed by atoms with Gasteiger partial charge in [0.05, 0.1) is 18.7 Å². The molecule has 0 aliphatic carbocycles. The van der Waals surface area contributed by atoms with Crippen molar-refractivity contribution in [2.75, 3.05) is 13.7 Å². The normalized spacial score (nSPS) is 16.2. The fourth-order valence-corrected chi connectivity index (χ4v) is 2.56. The Morgan fingerprint density at radius 2 is 2.04 bits per heavy atom. The molecule has 0 spiro atoms. The van der Waals surface area contributed by atoms with E-state index < -0.39 is 29.2 Å². The van der Waals surface area contributed by atoms with Crippen molar-refractivity contribution in [3.63, 3.8) is 0 Å². The van der Waals surface area contributed by atoms with Gasteiger partial charge in [0.15, 0.2) is 6.10 Å². The Kier molecular flexibility index (Phi) is 3.75. The van der Waals surface area contributed by atoms with Gasteiger partial charge in [-0.15, -0.1) is 0 Å². The number of rotatable bonds is 4. The maximum absolute atomic E-state index is 12.1. The molecule has 3 rings (SSSR count). The number of hydrogen-bond acceptors (Lipinski definition) is 6. The molecule has 8 heteroatoms. The lowest BCUT2D eigenvalue weighted by Gasteiger charge is -2.15. The molecule has 0 saturated heterocycles. The standard InChI is InChI=1S/C15H14N2O6/c1-22-7-6-17-13(19)10(12(18)16-15(17)21)11-8-4-2-3-5-9(8)14(20)23-11/h2-5,11,19H,6-7H2,1H3,(H,16,18,21)/t11-/m0/s1. The number of nitrogens with one attached hydrogen (secondary N) is 1. The Balaban J connectivity index is 2.16. The van der Waals surface area contributed by atoms with Gasteiger partial charge in [-0.2, -0.15) is 0 Å². The summed E-state index contributed by atoms with van der Waals surface area (Å²) in [5, 5.41) is 10.3. The molecule has 0 bridgehead atoms. The number of fused-ring (bicyclic) bond motifs is 1. The van der Waals surface area contributed by atoms with Gasteiger partial charge in [0.25, 0.3) is 5.56 Å². The van der Waals surface area contributed by atoms with Gasteiger partial charge in [-0.05, 0) is 6.07 Å². The molecule has 1 aliphatic rings. The lowest BCUT2D eigenvalue weighted by Crippen LogP contribution is -2.34. The number of cyclic esters (lactones) is 1. The summed E-state index contributed by atoms with van der Waals surface area (Å²) >= 11 is 0. The van der Waals surface area contributed by atoms with Crippen molar-refractivity contribution in [3.05, 3.63) is 61.8 Å². The van der Waals surface area contributed by atoms with Crippen molar-refractivity contribution >= 4 is 5.97 Å². The number of aromatic nitrogens is 2. The van der Waals surface area contributed by atoms with E-state index in [2.05, 4.69) is 4.98 Å². The predicted octanol–water partition coefficient (Wildman–Crippen LogP) is 0.148. The number of aromatic amines is 1. The molecule has 0 unspecified atom stereocenters. The first-order chi connectivity index (χ1) is 11.0. The SMILES string of the molecule is COCCn1c(O)c([C@H]2OC(=O)c3ccccc32)c(=O)[nH]c1=O. The number of benzene rings is 1. The van der Waals surface area contributed by atoms with Crippen LogP contribution in [0.4, 0.5) is 0 Å². The van der Waals surface area contributed by atoms with E-state index in [1.165, 1.54) is 7.11 Å². The highest BCUT2D eigenvalue weighted by Gasteiger charge is 2.36. The monoisotopic (exact) mass is 318 g/mol. The zero-order valence-electron chi connectivity index (χ0n) is 12.2. The molecule has 0 amide bonds. The summed E-state index contributed by atoms with van der Waals surface area (Å²) in [7, 11) is 1.45. The Morgan fingerprint density at radius 1 is 1.30 bits per heavy atom. The second-order valence-electron chi connectivity index (χ2n) is 5.01. The molecule has 1 aliphatic heterocycles. The van der Waals surface area contributed by atoms with Crippen LogP contribution in [0.3, 0.4) is 0 Å². The van der Waals surface area contributed by atoms with Gasteiger partial charge in [-0.25, -0.2) is 9.59 Å². The number of methoxy groups -OCH3 is 1. The van der Waals surface area contributed by atoms with E-state index >= 15 is 0 Å². The minimum Gasteiger partial charge on any atom is -0.494 e. The predicted molar refractivity (Wildman–Crippen MR) is 78.6 cm³/mol. The fourth-order valence-electron chi connectivity index (χ4n) is 2.56. The topological polar surface area (TPSA) is 111 Å². The minimum absolute atomic E-state index is 0.0489. The van der Waals surface area contributed by atoms with Crippen LogP contribution in [-0.4, -0.2) is 34.3 Å². The maximum atomic E-state index is 12.1. The number of esters is 1. The van der Waals surface area contributed by atoms with E-state index in [1.54, 1.807) is 24.3 Å². The van der Waals surface area contributed by atoms with Crippen LogP contribution in [0.2, 0.25) is 0 Å². The number of carbonyl (C=O) groups excluding carboxylic acids is 1. The highest BCUT2D eigenvalue weighted by atomic mass is 16.5. The molecule has 1 atom stereocenters. The molecule has 2 heterocycles. The van der Waals surface area contributed by atoms with E-state index in [0.717, 1.165) is 4.57 Å². The highest BCUT2D eigenvalue weighted by Crippen LogP contribution is 2.36. The number of carbonyl (C=O) groups is 1. The molecule has 23 heavy (non-hydrogen) atoms. The van der Waals surface area contributed by atoms with Gasteiger partial charge < -0.3 is 14.6 Å². The Labute approximate surface area is 129 Å². The van der Waals surface area contributed by atoms with Crippen LogP contribution in [-0.2, 0) is 16.0 Å². The van der Waals surface area contributed by atoms with Crippen LogP contribution < -0.4 is 11.2 Å². The third-order valence-electron chi connectivity index (χ3n) is 3.68. The summed E-state index contributed by atoms with van der Waals surface area (Å²) < 4.78 is 11.1. The lowest BCUT2D eigenvalue weighted by molar-refractivity contribution is 0.0448. The molecule has 0 saturated carbocycles. The van der Waals surface area contributed by atoms with Crippen LogP contribution >= 0.6 is 0 Å². The molecule has 2 aromatic rings. The van der Waals surface area contributed by atoms with Gasteiger partial charge >= 0.3 is 11.7 Å². The lowest BCUT2D eigenvalue weighted by atomic mass is 10.0. The van der Waals surface area contributed by atoms with Crippen molar-refractivity contribution < 1.29 is 19.4 Å². The Morgan fingerprint density at radius 3 is 2.78 bits per heavy atom. The number of nitrogens with zero attached hydrogens (tertiary/aromatic N) is 1. The van der Waals surface area contributed by atoms with Crippen LogP contribution in [0.5, 0.6) is 5.88 Å². The quantitative estimate of drug-likeness (QED) is 0.776. The third kappa shape index (κ3) is 2.42. The van der Waals surface area contributed by atoms with Crippen molar-refractivity contribution in [1.29, 1.82) is 0 Å². The summed E-state index contributed by atoms with van der Waals surface area (Å²) in [5.41, 5.74) is -0.943. The first-order valence-corrected chi connectivity index (χ1v) is 6.89. The average molecular weight is 318 g/mol. The first-order valence-electron chi connectivity index (χ1n) is 6.89. The third-order valence-corrected chi connectivity index (χ3v) is 3.68. The van der Waals surface area contributed by atoms with E-state index in [1.807, 2.05) is 0 Å². The van der Waals surface area contributed by atoms with Crippen molar-refractivity contribution in [1.82, 2.24) is 9.55 Å². The van der Waals surface area contributed by atoms with Crippen LogP contribution in [0.15, 0.2) is 33.9 Å². The highest BCUT2D eigenvalue weighted by molar-refractivity contribution is 5.94. The van der Waals surface area contributed by atoms with E-state index in [-0.39, 0.29) is 18.7 Å². The maximum Gasteiger partial charge on any atom is 0.339 e. The Hall–Kier alpha value is -2.87. The summed E-state index contributed by atoms with van der Waals surface area (Å²) in [5.74, 6) is -1.12. The number of H-pyrrole nitrogens is 1. The molecule has 0 fully saturated rings. The molecule has 8 nitrogen and oxygen atoms in total. The molecular weight excluding hydrogens is 304 g/mol. The van der Waals surface area contributed by atoms with E-state index in [4.69, 9.17) is 9.47 Å². The average Bonchev–Trinajstić information content (AvgIpc) is 2.84. The Bertz CT molecular complexity index is 882. The zero-order valence-corrected chi connectivity index (χ0v) is 12.2. The minimum atomic E-state index is -1.06. The van der Waals surface area contributed by atoms with Crippen LogP contribution in [0.25, 0.3) is 0 Å². The van der Waals surface area contributed by atoms with Crippen molar-refractivity contribution in [2.45, 2.75) is 12.6 Å². The number of ether oxygens (including phenoxy) is 2. The number of hydrogen-bond donors (Lipinski definition) is 2. The molecule has 0 radical (unpaired) electrons. The van der Waals surface area contributed by atoms with Crippen molar-refractivity contribution in [2.24, 2.45) is 0 Å². The molecule has 1 aromatic heterocycles. The van der Waals surface area contributed by atoms with Gasteiger partial charge in [0.1, 0.15) is 5.56 Å². The zero-order chi connectivity index (χ0) is 16.6. The summed E-state index contributed by atoms with van der Waals surface area (Å²) in [6.07, 6.45) is -1.06. The van der Waals surface area contributed by atoms with Gasteiger partial charge in [0.2, 0.25) is 5.88 Å². The fraction of sp³-hybridized carbons (Fsp3) is 0.267. The van der Waals surface area contributed by atoms with Crippen molar-refractivity contribution in [3.8, 4) is 5.88 Å². The largest absolute Gasteiger partial charge is 0.494 e. The second kappa shape index (κ2) is 5.73. The first kappa shape index (κ1) is 15.0. The summed E-state index contributed by atoms with van der Waals surface area (Å²) in [4.78, 5) is 38.0. The molecule has 2 N–H and O–H groups in total. The number of aromatic hydroxyl groups is 1. The molecule has 120 valence electrons. The summed E-state index contributed by atoms with van der Waals surface area (Å²) in [6, 6.07) is 6.57. The van der Waals surface area contributed by atoms with E-state index in [0.29, 0.717) is 11.1 Å². The smallest absolute Gasteiger partial charge is 0.339 e. The van der Waals surface area contributed by atoms with Crippen LogP contribution in [0, 0.1) is 0 Å². The molecular formula is C15H14N2O6. The van der Waals surface area contributed by atoms with Gasteiger partial charge in [0, 0.05) is 12.7 Å². The van der Waals surface area contributed by atoms with Gasteiger partial charge in [-0.1, -0.05) is 18.2 Å². The summed E-state index contributed by atoms with van der Waals surface area (Å²) in [6.45, 7) is 0.216. The van der Waals surface area contributed by atoms with E-state index in [9.17, 15) is 19.5 Å². The second-order valence-corrected chi connectivity index (χ2v) is 5.01.